The Hall–Kier alpha value is -1.95. The molecule has 0 saturated carbocycles. The number of benzene rings is 1. The molecule has 0 saturated heterocycles. The molecule has 0 unspecified atom stereocenters. The lowest BCUT2D eigenvalue weighted by Crippen LogP contribution is -2.30. The zero-order chi connectivity index (χ0) is 18.6. The second-order valence-electron chi connectivity index (χ2n) is 5.94. The lowest BCUT2D eigenvalue weighted by atomic mass is 10.1. The summed E-state index contributed by atoms with van der Waals surface area (Å²) in [7, 11) is 0. The molecule has 1 heterocycles. The molecule has 25 heavy (non-hydrogen) atoms. The Morgan fingerprint density at radius 1 is 1.24 bits per heavy atom. The molecule has 0 N–H and O–H groups in total. The van der Waals surface area contributed by atoms with Crippen molar-refractivity contribution < 1.29 is 18.3 Å². The molecule has 0 radical (unpaired) electrons. The summed E-state index contributed by atoms with van der Waals surface area (Å²) in [5.74, 6) is -1.23. The van der Waals surface area contributed by atoms with Crippen molar-refractivity contribution in [2.24, 2.45) is 0 Å². The summed E-state index contributed by atoms with van der Waals surface area (Å²) < 4.78 is 33.5. The largest absolute Gasteiger partial charge is 0.490 e. The highest BCUT2D eigenvalue weighted by molar-refractivity contribution is 7.10. The molecule has 6 heteroatoms. The van der Waals surface area contributed by atoms with Crippen LogP contribution in [-0.4, -0.2) is 30.0 Å². The second-order valence-corrected chi connectivity index (χ2v) is 6.94. The van der Waals surface area contributed by atoms with Gasteiger partial charge in [-0.2, -0.15) is 0 Å². The third-order valence-electron chi connectivity index (χ3n) is 3.85. The van der Waals surface area contributed by atoms with Gasteiger partial charge in [-0.3, -0.25) is 4.79 Å². The van der Waals surface area contributed by atoms with Crippen molar-refractivity contribution in [2.75, 3.05) is 13.1 Å². The van der Waals surface area contributed by atoms with Crippen molar-refractivity contribution in [1.29, 1.82) is 0 Å². The molecule has 1 amide bonds. The molecule has 3 nitrogen and oxygen atoms in total. The van der Waals surface area contributed by atoms with Crippen molar-refractivity contribution in [3.63, 3.8) is 0 Å². The van der Waals surface area contributed by atoms with Gasteiger partial charge in [-0.05, 0) is 39.1 Å². The van der Waals surface area contributed by atoms with Crippen LogP contribution in [0.2, 0.25) is 0 Å². The molecule has 0 aliphatic heterocycles. The minimum absolute atomic E-state index is 0.0740. The van der Waals surface area contributed by atoms with Gasteiger partial charge in [0.05, 0.1) is 11.7 Å². The van der Waals surface area contributed by atoms with Gasteiger partial charge in [-0.25, -0.2) is 8.78 Å². The SMILES string of the molecule is CCN(CC)C(=O)c1ccsc1Cc1c(F)cc(F)cc1OC(C)C. The highest BCUT2D eigenvalue weighted by Crippen LogP contribution is 2.30. The maximum atomic E-state index is 14.4. The fourth-order valence-electron chi connectivity index (χ4n) is 2.62. The number of rotatable bonds is 7. The van der Waals surface area contributed by atoms with Crippen LogP contribution in [0.15, 0.2) is 23.6 Å². The molecule has 0 aliphatic rings. The van der Waals surface area contributed by atoms with E-state index in [1.807, 2.05) is 19.2 Å². The molecule has 0 bridgehead atoms. The molecule has 2 aromatic rings. The fourth-order valence-corrected chi connectivity index (χ4v) is 3.50. The number of carbonyl (C=O) groups is 1. The molecule has 136 valence electrons. The van der Waals surface area contributed by atoms with Gasteiger partial charge in [0.15, 0.2) is 0 Å². The van der Waals surface area contributed by atoms with Crippen LogP contribution >= 0.6 is 11.3 Å². The lowest BCUT2D eigenvalue weighted by molar-refractivity contribution is 0.0772. The van der Waals surface area contributed by atoms with Gasteiger partial charge in [0.25, 0.3) is 5.91 Å². The Balaban J connectivity index is 2.38. The van der Waals surface area contributed by atoms with Crippen molar-refractivity contribution in [1.82, 2.24) is 4.90 Å². The predicted octanol–water partition coefficient (Wildman–Crippen LogP) is 4.89. The number of hydrogen-bond acceptors (Lipinski definition) is 3. The number of ether oxygens (including phenoxy) is 1. The minimum atomic E-state index is -0.678. The second kappa shape index (κ2) is 8.43. The van der Waals surface area contributed by atoms with Gasteiger partial charge < -0.3 is 9.64 Å². The average molecular weight is 367 g/mol. The van der Waals surface area contributed by atoms with E-state index in [0.29, 0.717) is 18.7 Å². The number of amides is 1. The number of carbonyl (C=O) groups excluding carboxylic acids is 1. The van der Waals surface area contributed by atoms with Crippen molar-refractivity contribution in [3.05, 3.63) is 51.2 Å². The van der Waals surface area contributed by atoms with E-state index in [-0.39, 0.29) is 29.7 Å². The zero-order valence-corrected chi connectivity index (χ0v) is 15.8. The van der Waals surface area contributed by atoms with Crippen LogP contribution in [0.4, 0.5) is 8.78 Å². The van der Waals surface area contributed by atoms with Crippen molar-refractivity contribution in [3.8, 4) is 5.75 Å². The number of hydrogen-bond donors (Lipinski definition) is 0. The van der Waals surface area contributed by atoms with E-state index in [0.717, 1.165) is 10.9 Å². The monoisotopic (exact) mass is 367 g/mol. The standard InChI is InChI=1S/C19H23F2NO2S/c1-5-22(6-2)19(23)14-7-8-25-18(14)11-15-16(21)9-13(20)10-17(15)24-12(3)4/h7-10,12H,5-6,11H2,1-4H3. The highest BCUT2D eigenvalue weighted by atomic mass is 32.1. The predicted molar refractivity (Wildman–Crippen MR) is 96.5 cm³/mol. The van der Waals surface area contributed by atoms with E-state index in [4.69, 9.17) is 4.74 Å². The average Bonchev–Trinajstić information content (AvgIpc) is 2.99. The molecule has 1 aromatic heterocycles. The summed E-state index contributed by atoms with van der Waals surface area (Å²) in [6, 6.07) is 3.80. The van der Waals surface area contributed by atoms with E-state index in [1.165, 1.54) is 17.4 Å². The molecular formula is C19H23F2NO2S. The molecule has 0 spiro atoms. The third-order valence-corrected chi connectivity index (χ3v) is 4.77. The first-order chi connectivity index (χ1) is 11.9. The van der Waals surface area contributed by atoms with Gasteiger partial charge in [0, 0.05) is 42.1 Å². The molecule has 0 fully saturated rings. The van der Waals surface area contributed by atoms with Gasteiger partial charge in [-0.1, -0.05) is 0 Å². The van der Waals surface area contributed by atoms with Crippen LogP contribution in [0.5, 0.6) is 5.75 Å². The van der Waals surface area contributed by atoms with Crippen LogP contribution < -0.4 is 4.74 Å². The summed E-state index contributed by atoms with van der Waals surface area (Å²) in [5.41, 5.74) is 0.832. The summed E-state index contributed by atoms with van der Waals surface area (Å²) in [5, 5.41) is 1.82. The van der Waals surface area contributed by atoms with E-state index in [2.05, 4.69) is 0 Å². The van der Waals surface area contributed by atoms with E-state index in [9.17, 15) is 13.6 Å². The van der Waals surface area contributed by atoms with E-state index < -0.39 is 11.6 Å². The summed E-state index contributed by atoms with van der Waals surface area (Å²) in [6.07, 6.45) is -0.0196. The van der Waals surface area contributed by atoms with Crippen LogP contribution in [0, 0.1) is 11.6 Å². The summed E-state index contributed by atoms with van der Waals surface area (Å²) >= 11 is 1.39. The van der Waals surface area contributed by atoms with Gasteiger partial charge in [-0.15, -0.1) is 11.3 Å². The van der Waals surface area contributed by atoms with E-state index >= 15 is 0 Å². The Labute approximate surface area is 151 Å². The first-order valence-corrected chi connectivity index (χ1v) is 9.25. The maximum Gasteiger partial charge on any atom is 0.254 e. The van der Waals surface area contributed by atoms with Crippen LogP contribution in [-0.2, 0) is 6.42 Å². The number of thiophene rings is 1. The molecule has 0 atom stereocenters. The summed E-state index contributed by atoms with van der Waals surface area (Å²) in [4.78, 5) is 15.1. The van der Waals surface area contributed by atoms with E-state index in [1.54, 1.807) is 24.8 Å². The highest BCUT2D eigenvalue weighted by Gasteiger charge is 2.21. The van der Waals surface area contributed by atoms with Crippen molar-refractivity contribution in [2.45, 2.75) is 40.2 Å². The fraction of sp³-hybridized carbons (Fsp3) is 0.421. The number of halogens is 2. The quantitative estimate of drug-likeness (QED) is 0.698. The normalized spacial score (nSPS) is 11.0. The third kappa shape index (κ3) is 4.57. The first kappa shape index (κ1) is 19.4. The maximum absolute atomic E-state index is 14.4. The molecule has 0 aliphatic carbocycles. The smallest absolute Gasteiger partial charge is 0.254 e. The van der Waals surface area contributed by atoms with Crippen LogP contribution in [0.3, 0.4) is 0 Å². The molecule has 2 rings (SSSR count). The van der Waals surface area contributed by atoms with Gasteiger partial charge in [0.2, 0.25) is 0 Å². The van der Waals surface area contributed by atoms with Crippen LogP contribution in [0.1, 0.15) is 48.5 Å². The zero-order valence-electron chi connectivity index (χ0n) is 14.9. The Kier molecular flexibility index (Phi) is 6.53. The molecular weight excluding hydrogens is 344 g/mol. The van der Waals surface area contributed by atoms with Crippen LogP contribution in [0.25, 0.3) is 0 Å². The molecule has 1 aromatic carbocycles. The van der Waals surface area contributed by atoms with Gasteiger partial charge in [0.1, 0.15) is 17.4 Å². The lowest BCUT2D eigenvalue weighted by Gasteiger charge is -2.19. The topological polar surface area (TPSA) is 29.5 Å². The Morgan fingerprint density at radius 3 is 2.52 bits per heavy atom. The van der Waals surface area contributed by atoms with Gasteiger partial charge >= 0.3 is 0 Å². The summed E-state index contributed by atoms with van der Waals surface area (Å²) in [6.45, 7) is 8.65. The minimum Gasteiger partial charge on any atom is -0.490 e. The Bertz CT molecular complexity index is 739. The Morgan fingerprint density at radius 2 is 1.92 bits per heavy atom. The number of nitrogens with zero attached hydrogens (tertiary/aromatic N) is 1. The first-order valence-electron chi connectivity index (χ1n) is 8.37. The van der Waals surface area contributed by atoms with Crippen molar-refractivity contribution >= 4 is 17.2 Å².